The van der Waals surface area contributed by atoms with Gasteiger partial charge in [-0.3, -0.25) is 12.6 Å². The van der Waals surface area contributed by atoms with Crippen LogP contribution in [0.4, 0.5) is 4.39 Å². The van der Waals surface area contributed by atoms with Gasteiger partial charge in [0.15, 0.2) is 0 Å². The molecule has 0 aromatic heterocycles. The molecule has 0 radical (unpaired) electrons. The Bertz CT molecular complexity index is 2860. The van der Waals surface area contributed by atoms with Crippen LogP contribution in [0.1, 0.15) is 418 Å². The van der Waals surface area contributed by atoms with Crippen LogP contribution in [-0.4, -0.2) is 246 Å². The lowest BCUT2D eigenvalue weighted by Gasteiger charge is -2.38. The summed E-state index contributed by atoms with van der Waals surface area (Å²) in [6.07, 6.45) is 53.7. The summed E-state index contributed by atoms with van der Waals surface area (Å²) in [5, 5.41) is 0. The fourth-order valence-corrected chi connectivity index (χ4v) is 22.5. The molecule has 21 heteroatoms. The van der Waals surface area contributed by atoms with Gasteiger partial charge < -0.3 is 66.3 Å². The van der Waals surface area contributed by atoms with Crippen LogP contribution >= 0.6 is 0 Å². The Morgan fingerprint density at radius 2 is 0.523 bits per heavy atom. The van der Waals surface area contributed by atoms with Crippen molar-refractivity contribution in [3.8, 4) is 0 Å². The highest BCUT2D eigenvalue weighted by atomic mass is 32.2. The highest BCUT2D eigenvalue weighted by Crippen LogP contribution is 2.41. The molecule has 0 amide bonds. The van der Waals surface area contributed by atoms with E-state index in [2.05, 4.69) is 142 Å². The first-order valence-electron chi connectivity index (χ1n) is 53.5. The zero-order chi connectivity index (χ0) is 97.7. The summed E-state index contributed by atoms with van der Waals surface area (Å²) < 4.78 is 124. The molecule has 13 fully saturated rings. The van der Waals surface area contributed by atoms with Crippen LogP contribution in [0.25, 0.3) is 0 Å². The van der Waals surface area contributed by atoms with E-state index in [1.165, 1.54) is 186 Å². The fraction of sp³-hybridized carbons (Fsp3) is 0.972. The van der Waals surface area contributed by atoms with Gasteiger partial charge in [-0.05, 0) is 422 Å². The molecule has 0 bridgehead atoms. The van der Waals surface area contributed by atoms with E-state index in [9.17, 15) is 17.0 Å². The second-order valence-corrected chi connectivity index (χ2v) is 52.1. The van der Waals surface area contributed by atoms with Gasteiger partial charge in [-0.25, -0.2) is 4.39 Å². The molecule has 780 valence electrons. The van der Waals surface area contributed by atoms with Gasteiger partial charge >= 0.3 is 0 Å². The van der Waals surface area contributed by atoms with Crippen molar-refractivity contribution >= 4 is 46.2 Å². The van der Waals surface area contributed by atoms with Gasteiger partial charge in [-0.1, -0.05) is 89.9 Å². The third-order valence-corrected chi connectivity index (χ3v) is 30.7. The van der Waals surface area contributed by atoms with Crippen LogP contribution in [0.15, 0.2) is 0 Å². The second kappa shape index (κ2) is 74.4. The number of halogens is 1. The number of alkyl halides is 1. The average molecular weight is 1920 g/mol. The first-order chi connectivity index (χ1) is 61.1. The van der Waals surface area contributed by atoms with Gasteiger partial charge in [-0.15, -0.1) is 0 Å². The minimum Gasteiger partial charge on any atom is -0.379 e. The first-order valence-corrected chi connectivity index (χ1v) is 59.7. The molecule has 0 aromatic carbocycles. The van der Waals surface area contributed by atoms with Crippen LogP contribution in [0.2, 0.25) is 0 Å². The van der Waals surface area contributed by atoms with Gasteiger partial charge in [0.1, 0.15) is 5.67 Å². The third kappa shape index (κ3) is 80.1. The number of rotatable bonds is 39. The topological polar surface area (TPSA) is 180 Å². The first kappa shape index (κ1) is 127. The van der Waals surface area contributed by atoms with Gasteiger partial charge in [0.2, 0.25) is 0 Å². The number of ether oxygens (including phenoxy) is 14. The van der Waals surface area contributed by atoms with E-state index in [1.54, 1.807) is 6.92 Å². The van der Waals surface area contributed by atoms with E-state index >= 15 is 0 Å². The van der Waals surface area contributed by atoms with Crippen molar-refractivity contribution in [2.24, 2.45) is 47.3 Å². The van der Waals surface area contributed by atoms with Crippen LogP contribution in [0.3, 0.4) is 0 Å². The molecular weight excluding hydrogens is 1700 g/mol. The van der Waals surface area contributed by atoms with Crippen LogP contribution in [0, 0.1) is 47.3 Å². The molecule has 4 heterocycles. The maximum Gasteiger partial charge on any atom is 0.109 e. The lowest BCUT2D eigenvalue weighted by molar-refractivity contribution is -0.0705. The molecule has 9 aliphatic carbocycles. The van der Waals surface area contributed by atoms with Gasteiger partial charge in [-0.2, -0.15) is 0 Å². The van der Waals surface area contributed by atoms with Crippen LogP contribution in [-0.2, 0) is 94.9 Å². The van der Waals surface area contributed by atoms with Crippen molar-refractivity contribution in [3.05, 3.63) is 0 Å². The van der Waals surface area contributed by atoms with E-state index in [0.29, 0.717) is 122 Å². The van der Waals surface area contributed by atoms with Gasteiger partial charge in [0, 0.05) is 94.0 Å². The standard InChI is InChI=1S/C10H20O2S.C10H20O.C9H17FO.C9H18O2S.2C9H18O.C8H16O2S.C8H16O2.3C8H16O.C7H14O.C6H12O/c1-9(2)12-6-4-10-5-7-13(3,11)8-10;1-9(2)11-8-7-10-5-3-4-6-10;1-7(2)11-6-8-4-9(3,10)5-8;1-8(2)11-6-9-4-5-12(3,10)7-9;1-8(2)10-7-6-9-4-3-5-9;1-8(2)10-7-9-5-3-4-6-9;1-7(2)10-8-4-5-11(3,9)6-8;1-7(2)9-5-3-8-4-6-10-8;1-7(2)9-6-8-4-3-5-8;2*1-7(2)9-8-5-3-4-6-8;1-6(2)8-5-7-3-4-7;1-5(2)7-6-3-4-6/h9-10H,3-8H2,1-2H3;9-10H,3-8H2,1-2H3;7-8H,4-6H2,1-3H3;8-9H,3-7H2,1-2H3;2*8-9H,3-7H2,1-2H3;7-8H,3-6H2,1-2H3;7-8H,3-6H2,1-2H3;3*7-8H,3-6H2,1-2H3;6-7H,3-5H2,1-2H3;5-6H,3-4H2,1-2H3. The number of hydrogen-bond donors (Lipinski definition) is 0. The molecule has 4 saturated heterocycles. The average Bonchev–Trinajstić information content (AvgIpc) is 1.05. The SMILES string of the molecule is C=S1(=O)CCC(CCOC(C)C)C1.C=S1(=O)CCC(COC(C)C)C1.C=S1(=O)CCC(OC(C)C)C1.CC(C)OC1CC1.CC(C)OC1CCCC1.CC(C)OC1CCCC1.CC(C)OCC1CC(C)(F)C1.CC(C)OCC1CC1.CC(C)OCC1CCC1.CC(C)OCC1CCCC1.CC(C)OCCC1CCC1.CC(C)OCCC1CCCC1.CC(C)OCCC1CCO1. The summed E-state index contributed by atoms with van der Waals surface area (Å²) in [4.78, 5) is 0. The Kier molecular flexibility index (Phi) is 72.9. The van der Waals surface area contributed by atoms with Crippen molar-refractivity contribution in [1.29, 1.82) is 0 Å². The maximum absolute atomic E-state index is 12.9. The Morgan fingerprint density at radius 1 is 0.269 bits per heavy atom. The number of hydrogen-bond acceptors (Lipinski definition) is 17. The molecule has 0 aromatic rings. The molecular formula is C109H217FO17S3. The predicted molar refractivity (Wildman–Crippen MR) is 558 cm³/mol. The Labute approximate surface area is 806 Å². The molecule has 13 rings (SSSR count). The Morgan fingerprint density at radius 3 is 0.777 bits per heavy atom. The second-order valence-electron chi connectivity index (χ2n) is 44.0. The van der Waals surface area contributed by atoms with Crippen LogP contribution < -0.4 is 0 Å². The smallest absolute Gasteiger partial charge is 0.109 e. The largest absolute Gasteiger partial charge is 0.379 e. The summed E-state index contributed by atoms with van der Waals surface area (Å²) in [6, 6.07) is 0. The molecule has 17 nitrogen and oxygen atoms in total. The molecule has 130 heavy (non-hydrogen) atoms. The Balaban J connectivity index is 0.000000706. The van der Waals surface area contributed by atoms with E-state index in [0.717, 1.165) is 157 Å². The third-order valence-electron chi connectivity index (χ3n) is 24.6. The maximum atomic E-state index is 12.9. The summed E-state index contributed by atoms with van der Waals surface area (Å²) in [6.45, 7) is 64.5. The minimum atomic E-state index is -1.77. The normalized spacial score (nSPS) is 26.6. The molecule has 13 aliphatic rings. The zero-order valence-corrected chi connectivity index (χ0v) is 92.4. The lowest BCUT2D eigenvalue weighted by atomic mass is 9.74. The molecule has 0 N–H and O–H groups in total. The van der Waals surface area contributed by atoms with E-state index < -0.39 is 34.2 Å². The van der Waals surface area contributed by atoms with Crippen molar-refractivity contribution in [2.75, 3.05) is 101 Å². The fourth-order valence-electron chi connectivity index (χ4n) is 16.5. The Hall–Kier alpha value is -0.570. The highest BCUT2D eigenvalue weighted by Gasteiger charge is 2.40. The summed E-state index contributed by atoms with van der Waals surface area (Å²) in [5.41, 5.74) is -0.898. The van der Waals surface area contributed by atoms with Crippen LogP contribution in [0.5, 0.6) is 0 Å². The predicted octanol–water partition coefficient (Wildman–Crippen LogP) is 26.2. The lowest BCUT2D eigenvalue weighted by Crippen LogP contribution is -2.39. The van der Waals surface area contributed by atoms with E-state index in [-0.39, 0.29) is 24.4 Å². The van der Waals surface area contributed by atoms with Crippen molar-refractivity contribution in [2.45, 2.75) is 534 Å². The zero-order valence-electron chi connectivity index (χ0n) is 89.9. The molecule has 7 atom stereocenters. The van der Waals surface area contributed by atoms with E-state index in [1.807, 2.05) is 55.4 Å². The van der Waals surface area contributed by atoms with E-state index in [4.69, 9.17) is 66.3 Å². The monoisotopic (exact) mass is 1910 g/mol. The molecule has 7 unspecified atom stereocenters. The van der Waals surface area contributed by atoms with Gasteiger partial charge in [0.25, 0.3) is 0 Å². The molecule has 4 aliphatic heterocycles. The summed E-state index contributed by atoms with van der Waals surface area (Å²) >= 11 is 0. The highest BCUT2D eigenvalue weighted by molar-refractivity contribution is 8.01. The molecule has 9 saturated carbocycles. The summed E-state index contributed by atoms with van der Waals surface area (Å²) in [7, 11) is -5.19. The van der Waals surface area contributed by atoms with Gasteiger partial charge in [0.05, 0.1) is 116 Å². The summed E-state index contributed by atoms with van der Waals surface area (Å²) in [5.74, 6) is 21.9. The van der Waals surface area contributed by atoms with Crippen molar-refractivity contribution < 1.29 is 83.3 Å². The van der Waals surface area contributed by atoms with Crippen molar-refractivity contribution in [1.82, 2.24) is 0 Å². The minimum absolute atomic E-state index is 0.194. The molecule has 0 spiro atoms. The van der Waals surface area contributed by atoms with Crippen molar-refractivity contribution in [3.63, 3.8) is 0 Å². The quantitative estimate of drug-likeness (QED) is 0.0530.